The summed E-state index contributed by atoms with van der Waals surface area (Å²) in [4.78, 5) is 2.11. The zero-order valence-corrected chi connectivity index (χ0v) is 12.3. The highest BCUT2D eigenvalue weighted by molar-refractivity contribution is 5.85. The molecule has 0 spiro atoms. The van der Waals surface area contributed by atoms with Crippen LogP contribution in [0.4, 0.5) is 5.69 Å². The Balaban J connectivity index is 0.00000180. The topological polar surface area (TPSA) is 15.3 Å². The molecule has 0 aliphatic rings. The van der Waals surface area contributed by atoms with Crippen molar-refractivity contribution >= 4 is 18.1 Å². The molecule has 19 heavy (non-hydrogen) atoms. The minimum atomic E-state index is 0. The molecule has 0 unspecified atom stereocenters. The standard InChI is InChI=1S/C16H20N2.ClH/c1-18(2)16-10-8-15(9-11-16)13-17-12-14-6-4-3-5-7-14;/h3-11,17H,12-13H2,1-2H3;1H. The molecule has 0 fully saturated rings. The van der Waals surface area contributed by atoms with Crippen molar-refractivity contribution in [1.82, 2.24) is 5.32 Å². The first-order valence-electron chi connectivity index (χ1n) is 6.26. The Bertz CT molecular complexity index is 466. The van der Waals surface area contributed by atoms with Crippen molar-refractivity contribution in [2.75, 3.05) is 19.0 Å². The fourth-order valence-corrected chi connectivity index (χ4v) is 1.86. The van der Waals surface area contributed by atoms with Gasteiger partial charge in [-0.05, 0) is 23.3 Å². The van der Waals surface area contributed by atoms with Crippen LogP contribution in [0.3, 0.4) is 0 Å². The van der Waals surface area contributed by atoms with Gasteiger partial charge < -0.3 is 10.2 Å². The van der Waals surface area contributed by atoms with Crippen LogP contribution in [-0.2, 0) is 13.1 Å². The minimum Gasteiger partial charge on any atom is -0.378 e. The van der Waals surface area contributed by atoms with Gasteiger partial charge in [0.05, 0.1) is 0 Å². The van der Waals surface area contributed by atoms with E-state index in [-0.39, 0.29) is 12.4 Å². The molecular formula is C16H21ClN2. The van der Waals surface area contributed by atoms with Gasteiger partial charge in [-0.3, -0.25) is 0 Å². The fraction of sp³-hybridized carbons (Fsp3) is 0.250. The maximum absolute atomic E-state index is 3.45. The van der Waals surface area contributed by atoms with Crippen LogP contribution < -0.4 is 10.2 Å². The first-order chi connectivity index (χ1) is 8.75. The molecule has 0 aliphatic carbocycles. The van der Waals surface area contributed by atoms with Crippen LogP contribution in [0.25, 0.3) is 0 Å². The van der Waals surface area contributed by atoms with Gasteiger partial charge in [0, 0.05) is 32.9 Å². The summed E-state index contributed by atoms with van der Waals surface area (Å²) in [5, 5.41) is 3.45. The molecule has 102 valence electrons. The van der Waals surface area contributed by atoms with E-state index in [2.05, 4.69) is 72.8 Å². The number of hydrogen-bond acceptors (Lipinski definition) is 2. The Labute approximate surface area is 121 Å². The summed E-state index contributed by atoms with van der Waals surface area (Å²) in [5.41, 5.74) is 3.88. The maximum atomic E-state index is 3.45. The van der Waals surface area contributed by atoms with Crippen LogP contribution in [0.1, 0.15) is 11.1 Å². The molecule has 2 aromatic rings. The summed E-state index contributed by atoms with van der Waals surface area (Å²) in [6.45, 7) is 1.82. The van der Waals surface area contributed by atoms with E-state index in [1.165, 1.54) is 16.8 Å². The van der Waals surface area contributed by atoms with Gasteiger partial charge in [-0.2, -0.15) is 0 Å². The molecule has 2 aromatic carbocycles. The largest absolute Gasteiger partial charge is 0.378 e. The highest BCUT2D eigenvalue weighted by Gasteiger charge is 1.96. The van der Waals surface area contributed by atoms with Crippen molar-refractivity contribution in [3.8, 4) is 0 Å². The normalized spacial score (nSPS) is 9.79. The summed E-state index contributed by atoms with van der Waals surface area (Å²) >= 11 is 0. The first kappa shape index (κ1) is 15.5. The van der Waals surface area contributed by atoms with Crippen molar-refractivity contribution in [1.29, 1.82) is 0 Å². The van der Waals surface area contributed by atoms with Gasteiger partial charge in [0.25, 0.3) is 0 Å². The van der Waals surface area contributed by atoms with Crippen LogP contribution in [0.2, 0.25) is 0 Å². The quantitative estimate of drug-likeness (QED) is 0.900. The molecule has 0 amide bonds. The van der Waals surface area contributed by atoms with E-state index in [1.807, 2.05) is 6.07 Å². The van der Waals surface area contributed by atoms with E-state index in [4.69, 9.17) is 0 Å². The summed E-state index contributed by atoms with van der Waals surface area (Å²) in [6, 6.07) is 19.1. The monoisotopic (exact) mass is 276 g/mol. The van der Waals surface area contributed by atoms with E-state index >= 15 is 0 Å². The lowest BCUT2D eigenvalue weighted by Gasteiger charge is -2.13. The van der Waals surface area contributed by atoms with Gasteiger partial charge in [-0.1, -0.05) is 42.5 Å². The number of nitrogens with one attached hydrogen (secondary N) is 1. The van der Waals surface area contributed by atoms with Crippen LogP contribution in [-0.4, -0.2) is 14.1 Å². The predicted octanol–water partition coefficient (Wildman–Crippen LogP) is 3.46. The molecule has 0 saturated heterocycles. The van der Waals surface area contributed by atoms with Gasteiger partial charge >= 0.3 is 0 Å². The summed E-state index contributed by atoms with van der Waals surface area (Å²) in [7, 11) is 4.12. The van der Waals surface area contributed by atoms with Crippen molar-refractivity contribution in [3.63, 3.8) is 0 Å². The van der Waals surface area contributed by atoms with Crippen LogP contribution in [0.5, 0.6) is 0 Å². The van der Waals surface area contributed by atoms with E-state index in [1.54, 1.807) is 0 Å². The molecule has 1 N–H and O–H groups in total. The minimum absolute atomic E-state index is 0. The molecule has 0 radical (unpaired) electrons. The van der Waals surface area contributed by atoms with Crippen molar-refractivity contribution in [2.45, 2.75) is 13.1 Å². The second-order valence-corrected chi connectivity index (χ2v) is 4.65. The third kappa shape index (κ3) is 4.93. The number of rotatable bonds is 5. The number of hydrogen-bond donors (Lipinski definition) is 1. The molecule has 0 bridgehead atoms. The number of anilines is 1. The van der Waals surface area contributed by atoms with E-state index in [0.29, 0.717) is 0 Å². The van der Waals surface area contributed by atoms with E-state index in [9.17, 15) is 0 Å². The molecule has 2 rings (SSSR count). The molecule has 2 nitrogen and oxygen atoms in total. The lowest BCUT2D eigenvalue weighted by atomic mass is 10.2. The predicted molar refractivity (Wildman–Crippen MR) is 85.0 cm³/mol. The van der Waals surface area contributed by atoms with Crippen molar-refractivity contribution in [3.05, 3.63) is 65.7 Å². The Morgan fingerprint density at radius 3 is 1.84 bits per heavy atom. The number of benzene rings is 2. The smallest absolute Gasteiger partial charge is 0.0361 e. The Kier molecular flexibility index (Phi) is 6.40. The molecule has 0 saturated carbocycles. The average Bonchev–Trinajstić information content (AvgIpc) is 2.40. The third-order valence-electron chi connectivity index (χ3n) is 2.95. The van der Waals surface area contributed by atoms with Crippen LogP contribution in [0, 0.1) is 0 Å². The molecule has 0 atom stereocenters. The van der Waals surface area contributed by atoms with Gasteiger partial charge in [-0.25, -0.2) is 0 Å². The van der Waals surface area contributed by atoms with Crippen molar-refractivity contribution in [2.24, 2.45) is 0 Å². The molecule has 3 heteroatoms. The van der Waals surface area contributed by atoms with Gasteiger partial charge in [0.1, 0.15) is 0 Å². The van der Waals surface area contributed by atoms with Gasteiger partial charge in [0.2, 0.25) is 0 Å². The average molecular weight is 277 g/mol. The lowest BCUT2D eigenvalue weighted by Crippen LogP contribution is -2.13. The number of nitrogens with zero attached hydrogens (tertiary/aromatic N) is 1. The van der Waals surface area contributed by atoms with Gasteiger partial charge in [0.15, 0.2) is 0 Å². The van der Waals surface area contributed by atoms with Gasteiger partial charge in [-0.15, -0.1) is 12.4 Å². The SMILES string of the molecule is CN(C)c1ccc(CNCc2ccccc2)cc1.Cl. The Morgan fingerprint density at radius 1 is 0.789 bits per heavy atom. The molecule has 0 aromatic heterocycles. The zero-order chi connectivity index (χ0) is 12.8. The second-order valence-electron chi connectivity index (χ2n) is 4.65. The van der Waals surface area contributed by atoms with Crippen LogP contribution in [0.15, 0.2) is 54.6 Å². The third-order valence-corrected chi connectivity index (χ3v) is 2.95. The van der Waals surface area contributed by atoms with Crippen molar-refractivity contribution < 1.29 is 0 Å². The lowest BCUT2D eigenvalue weighted by molar-refractivity contribution is 0.693. The summed E-state index contributed by atoms with van der Waals surface area (Å²) in [6.07, 6.45) is 0. The summed E-state index contributed by atoms with van der Waals surface area (Å²) < 4.78 is 0. The first-order valence-corrected chi connectivity index (χ1v) is 6.26. The zero-order valence-electron chi connectivity index (χ0n) is 11.5. The van der Waals surface area contributed by atoms with E-state index < -0.39 is 0 Å². The Hall–Kier alpha value is -1.51. The number of halogens is 1. The molecule has 0 heterocycles. The summed E-state index contributed by atoms with van der Waals surface area (Å²) in [5.74, 6) is 0. The molecule has 0 aliphatic heterocycles. The highest BCUT2D eigenvalue weighted by atomic mass is 35.5. The second kappa shape index (κ2) is 7.82. The maximum Gasteiger partial charge on any atom is 0.0361 e. The highest BCUT2D eigenvalue weighted by Crippen LogP contribution is 2.12. The van der Waals surface area contributed by atoms with E-state index in [0.717, 1.165) is 13.1 Å². The fourth-order valence-electron chi connectivity index (χ4n) is 1.86. The molecular weight excluding hydrogens is 256 g/mol. The van der Waals surface area contributed by atoms with Crippen LogP contribution >= 0.6 is 12.4 Å². The Morgan fingerprint density at radius 2 is 1.32 bits per heavy atom.